The van der Waals surface area contributed by atoms with Gasteiger partial charge in [0.25, 0.3) is 0 Å². The second-order valence-electron chi connectivity index (χ2n) is 19.9. The van der Waals surface area contributed by atoms with E-state index in [9.17, 15) is 14.4 Å². The fraction of sp³-hybridized carbons (Fsp3) is 0.700. The van der Waals surface area contributed by atoms with Crippen LogP contribution in [0.2, 0.25) is 0 Å². The highest BCUT2D eigenvalue weighted by atomic mass is 16.6. The van der Waals surface area contributed by atoms with Crippen molar-refractivity contribution in [1.82, 2.24) is 10.2 Å². The number of hydrogen-bond acceptors (Lipinski definition) is 8. The van der Waals surface area contributed by atoms with E-state index in [0.717, 1.165) is 49.9 Å². The standard InChI is InChI=1S/C50H69N5O7/c1-33(14-19-46(56)61-30-29-60-28-27-59-26-24-52-54-51)42-17-18-43-40-16-15-34-31-35(20-22-49(34,2)44(40)21-23-50(42,43)3)53-47(57)45-13-8-25-55(45)48(58)62-32-41-38-11-6-4-9-36(38)37-10-5-7-12-39(37)41/h4-7,9-12,33-35,40-45H,8,13-32H2,1-3H3,(H,53,57)/t33-,34-,35-,40?,42?,43?,44?,45?,49+,50-/m1/s1. The predicted octanol–water partition coefficient (Wildman–Crippen LogP) is 9.85. The van der Waals surface area contributed by atoms with Crippen LogP contribution < -0.4 is 5.32 Å². The summed E-state index contributed by atoms with van der Waals surface area (Å²) < 4.78 is 22.3. The molecule has 12 heteroatoms. The minimum atomic E-state index is -0.478. The summed E-state index contributed by atoms with van der Waals surface area (Å²) in [5.41, 5.74) is 13.7. The third-order valence-corrected chi connectivity index (χ3v) is 17.0. The second-order valence-corrected chi connectivity index (χ2v) is 19.9. The Labute approximate surface area is 368 Å². The summed E-state index contributed by atoms with van der Waals surface area (Å²) in [5.74, 6) is 3.75. The van der Waals surface area contributed by atoms with Crippen molar-refractivity contribution in [3.05, 3.63) is 70.1 Å². The molecule has 6 aliphatic rings. The molecule has 8 rings (SSSR count). The molecule has 5 aliphatic carbocycles. The first-order chi connectivity index (χ1) is 30.1. The molecule has 336 valence electrons. The summed E-state index contributed by atoms with van der Waals surface area (Å²) in [5, 5.41) is 6.88. The van der Waals surface area contributed by atoms with Crippen LogP contribution in [0.4, 0.5) is 4.79 Å². The lowest BCUT2D eigenvalue weighted by molar-refractivity contribution is -0.146. The van der Waals surface area contributed by atoms with Crippen LogP contribution in [0.25, 0.3) is 21.6 Å². The first-order valence-corrected chi connectivity index (χ1v) is 23.9. The lowest BCUT2D eigenvalue weighted by atomic mass is 9.44. The Balaban J connectivity index is 0.778. The molecule has 1 N–H and O–H groups in total. The number of esters is 1. The molecule has 0 spiro atoms. The van der Waals surface area contributed by atoms with Crippen LogP contribution in [0.15, 0.2) is 53.6 Å². The Morgan fingerprint density at radius 1 is 0.839 bits per heavy atom. The maximum atomic E-state index is 13.9. The first-order valence-electron chi connectivity index (χ1n) is 23.9. The van der Waals surface area contributed by atoms with Gasteiger partial charge < -0.3 is 24.3 Å². The van der Waals surface area contributed by atoms with Gasteiger partial charge in [-0.3, -0.25) is 14.5 Å². The Bertz CT molecular complexity index is 1910. The fourth-order valence-corrected chi connectivity index (χ4v) is 13.9. The van der Waals surface area contributed by atoms with Crippen LogP contribution in [0.1, 0.15) is 121 Å². The average molecular weight is 852 g/mol. The lowest BCUT2D eigenvalue weighted by Gasteiger charge is -2.61. The van der Waals surface area contributed by atoms with Crippen molar-refractivity contribution in [2.24, 2.45) is 51.5 Å². The molecule has 2 amide bonds. The van der Waals surface area contributed by atoms with Crippen molar-refractivity contribution >= 4 is 18.0 Å². The van der Waals surface area contributed by atoms with E-state index >= 15 is 0 Å². The van der Waals surface area contributed by atoms with Crippen LogP contribution >= 0.6 is 0 Å². The Hall–Kier alpha value is -4.12. The molecule has 1 saturated heterocycles. The van der Waals surface area contributed by atoms with Crippen molar-refractivity contribution in [1.29, 1.82) is 0 Å². The average Bonchev–Trinajstić information content (AvgIpc) is 4.00. The van der Waals surface area contributed by atoms with Gasteiger partial charge in [-0.1, -0.05) is 74.4 Å². The number of rotatable bonds is 17. The minimum absolute atomic E-state index is 0.00716. The zero-order valence-corrected chi connectivity index (χ0v) is 37.3. The highest BCUT2D eigenvalue weighted by molar-refractivity contribution is 5.86. The maximum Gasteiger partial charge on any atom is 0.410 e. The maximum absolute atomic E-state index is 13.9. The Morgan fingerprint density at radius 2 is 1.53 bits per heavy atom. The molecule has 5 unspecified atom stereocenters. The van der Waals surface area contributed by atoms with Gasteiger partial charge >= 0.3 is 12.1 Å². The summed E-state index contributed by atoms with van der Waals surface area (Å²) in [6.45, 7) is 10.4. The van der Waals surface area contributed by atoms with E-state index in [0.29, 0.717) is 80.9 Å². The summed E-state index contributed by atoms with van der Waals surface area (Å²) >= 11 is 0. The largest absolute Gasteiger partial charge is 0.463 e. The number of nitrogens with one attached hydrogen (secondary N) is 1. The van der Waals surface area contributed by atoms with Gasteiger partial charge in [0.1, 0.15) is 19.3 Å². The van der Waals surface area contributed by atoms with Gasteiger partial charge in [-0.15, -0.1) is 0 Å². The number of hydrogen-bond donors (Lipinski definition) is 1. The van der Waals surface area contributed by atoms with Crippen molar-refractivity contribution in [3.8, 4) is 11.1 Å². The van der Waals surface area contributed by atoms with Crippen molar-refractivity contribution in [2.45, 2.75) is 122 Å². The van der Waals surface area contributed by atoms with E-state index < -0.39 is 6.04 Å². The van der Waals surface area contributed by atoms with Gasteiger partial charge in [0.05, 0.1) is 26.4 Å². The fourth-order valence-electron chi connectivity index (χ4n) is 13.9. The topological polar surface area (TPSA) is 152 Å². The number of carbonyl (C=O) groups is 3. The number of ether oxygens (including phenoxy) is 4. The summed E-state index contributed by atoms with van der Waals surface area (Å²) in [6.07, 6.45) is 13.2. The van der Waals surface area contributed by atoms with Crippen LogP contribution in [-0.2, 0) is 28.5 Å². The summed E-state index contributed by atoms with van der Waals surface area (Å²) in [6, 6.07) is 16.4. The number of azide groups is 1. The number of nitrogens with zero attached hydrogens (tertiary/aromatic N) is 4. The summed E-state index contributed by atoms with van der Waals surface area (Å²) in [7, 11) is 0. The molecule has 10 atom stereocenters. The van der Waals surface area contributed by atoms with Gasteiger partial charge in [0, 0.05) is 36.4 Å². The van der Waals surface area contributed by atoms with E-state index in [4.69, 9.17) is 24.5 Å². The molecule has 12 nitrogen and oxygen atoms in total. The van der Waals surface area contributed by atoms with E-state index in [1.54, 1.807) is 4.90 Å². The monoisotopic (exact) mass is 852 g/mol. The number of likely N-dealkylation sites (tertiary alicyclic amines) is 1. The van der Waals surface area contributed by atoms with Crippen molar-refractivity contribution in [2.75, 3.05) is 52.7 Å². The van der Waals surface area contributed by atoms with E-state index in [1.165, 1.54) is 60.8 Å². The first kappa shape index (κ1) is 44.5. The molecule has 4 saturated carbocycles. The molecule has 1 aliphatic heterocycles. The number of amides is 2. The SMILES string of the molecule is C[C@H](CCC(=O)OCCOCCOCCN=[N+]=[N-])C1CCC2C3CC[C@@H]4C[C@H](NC(=O)C5CCCN5C(=O)OCC5c6ccccc6-c6ccccc65)CC[C@]4(C)C3CC[C@@]21C. The van der Waals surface area contributed by atoms with Gasteiger partial charge in [0.15, 0.2) is 0 Å². The minimum Gasteiger partial charge on any atom is -0.463 e. The normalized spacial score (nSPS) is 31.4. The van der Waals surface area contributed by atoms with E-state index in [1.807, 2.05) is 12.1 Å². The molecule has 2 aromatic rings. The van der Waals surface area contributed by atoms with Crippen LogP contribution in [0.5, 0.6) is 0 Å². The molecule has 0 bridgehead atoms. The smallest absolute Gasteiger partial charge is 0.410 e. The summed E-state index contributed by atoms with van der Waals surface area (Å²) in [4.78, 5) is 44.6. The van der Waals surface area contributed by atoms with Crippen LogP contribution in [-0.4, -0.2) is 87.7 Å². The zero-order valence-electron chi connectivity index (χ0n) is 37.3. The van der Waals surface area contributed by atoms with Gasteiger partial charge in [-0.25, -0.2) is 4.79 Å². The molecule has 0 radical (unpaired) electrons. The number of benzene rings is 2. The molecule has 5 fully saturated rings. The molecular formula is C50H69N5O7. The van der Waals surface area contributed by atoms with Crippen molar-refractivity contribution < 1.29 is 33.3 Å². The van der Waals surface area contributed by atoms with E-state index in [2.05, 4.69) is 72.5 Å². The highest BCUT2D eigenvalue weighted by Gasteiger charge is 2.60. The van der Waals surface area contributed by atoms with Crippen molar-refractivity contribution in [3.63, 3.8) is 0 Å². The molecule has 0 aromatic heterocycles. The molecular weight excluding hydrogens is 783 g/mol. The van der Waals surface area contributed by atoms with Gasteiger partial charge in [-0.2, -0.15) is 0 Å². The third kappa shape index (κ3) is 9.12. The molecule has 1 heterocycles. The van der Waals surface area contributed by atoms with Crippen LogP contribution in [0.3, 0.4) is 0 Å². The Morgan fingerprint density at radius 3 is 2.29 bits per heavy atom. The number of carbonyl (C=O) groups excluding carboxylic acids is 3. The highest BCUT2D eigenvalue weighted by Crippen LogP contribution is 2.68. The quantitative estimate of drug-likeness (QED) is 0.0547. The van der Waals surface area contributed by atoms with Crippen LogP contribution in [0, 0.1) is 46.3 Å². The van der Waals surface area contributed by atoms with Gasteiger partial charge in [-0.05, 0) is 151 Å². The number of fused-ring (bicyclic) bond motifs is 8. The zero-order chi connectivity index (χ0) is 43.3. The van der Waals surface area contributed by atoms with E-state index in [-0.39, 0.29) is 43.1 Å². The second kappa shape index (κ2) is 19.7. The lowest BCUT2D eigenvalue weighted by Crippen LogP contribution is -2.56. The predicted molar refractivity (Wildman–Crippen MR) is 237 cm³/mol. The molecule has 62 heavy (non-hydrogen) atoms. The third-order valence-electron chi connectivity index (χ3n) is 17.0. The Kier molecular flexibility index (Phi) is 14.2. The van der Waals surface area contributed by atoms with Gasteiger partial charge in [0.2, 0.25) is 5.91 Å². The molecule has 2 aromatic carbocycles.